The standard InChI is InChI=1S/C22H27ClN5O7P/c23-22-26-19(25-13-4-1-2-5-13)15-7-9-28(20(15)27-22)21-18(30)17(29)16(34-21)11-33-12-36(31,32)35-14-6-3-8-24-10-14/h3,6-10,13,16-18,21,29-30H,1-2,4-5,11-12H2,(H,31,32)(H,25,26,27)/t16-,17-,18-,21-/m1/s1. The van der Waals surface area contributed by atoms with Crippen molar-refractivity contribution in [3.05, 3.63) is 42.1 Å². The monoisotopic (exact) mass is 539 g/mol. The van der Waals surface area contributed by atoms with Crippen LogP contribution in [0.25, 0.3) is 11.0 Å². The summed E-state index contributed by atoms with van der Waals surface area (Å²) in [5, 5.41) is 25.4. The highest BCUT2D eigenvalue weighted by atomic mass is 35.5. The van der Waals surface area contributed by atoms with Crippen molar-refractivity contribution in [3.63, 3.8) is 0 Å². The number of aliphatic hydroxyl groups is 2. The van der Waals surface area contributed by atoms with Gasteiger partial charge in [-0.2, -0.15) is 4.98 Å². The smallest absolute Gasteiger partial charge is 0.402 e. The summed E-state index contributed by atoms with van der Waals surface area (Å²) in [6.07, 6.45) is 3.72. The van der Waals surface area contributed by atoms with Gasteiger partial charge in [-0.1, -0.05) is 12.8 Å². The lowest BCUT2D eigenvalue weighted by Gasteiger charge is -2.18. The number of rotatable bonds is 9. The molecule has 1 saturated carbocycles. The molecule has 1 aliphatic carbocycles. The summed E-state index contributed by atoms with van der Waals surface area (Å²) >= 11 is 6.19. The molecule has 3 aromatic heterocycles. The second kappa shape index (κ2) is 10.6. The molecule has 1 aliphatic heterocycles. The Morgan fingerprint density at radius 2 is 2.03 bits per heavy atom. The van der Waals surface area contributed by atoms with Crippen molar-refractivity contribution in [2.24, 2.45) is 0 Å². The number of aliphatic hydroxyl groups excluding tert-OH is 2. The summed E-state index contributed by atoms with van der Waals surface area (Å²) in [4.78, 5) is 22.5. The summed E-state index contributed by atoms with van der Waals surface area (Å²) in [7, 11) is -4.13. The van der Waals surface area contributed by atoms with E-state index in [9.17, 15) is 19.7 Å². The minimum absolute atomic E-state index is 0.0446. The van der Waals surface area contributed by atoms with E-state index in [1.807, 2.05) is 0 Å². The first-order chi connectivity index (χ1) is 17.3. The molecule has 5 atom stereocenters. The zero-order valence-corrected chi connectivity index (χ0v) is 20.8. The molecular formula is C22H27ClN5O7P. The zero-order chi connectivity index (χ0) is 25.3. The van der Waals surface area contributed by atoms with Crippen LogP contribution in [-0.4, -0.2) is 71.9 Å². The maximum absolute atomic E-state index is 12.3. The molecule has 194 valence electrons. The van der Waals surface area contributed by atoms with E-state index in [1.54, 1.807) is 22.9 Å². The molecule has 14 heteroatoms. The van der Waals surface area contributed by atoms with Gasteiger partial charge in [-0.3, -0.25) is 4.98 Å². The third kappa shape index (κ3) is 5.50. The molecule has 2 fully saturated rings. The van der Waals surface area contributed by atoms with Crippen LogP contribution in [0.4, 0.5) is 5.82 Å². The van der Waals surface area contributed by atoms with Gasteiger partial charge in [0.25, 0.3) is 0 Å². The molecule has 2 aliphatic rings. The van der Waals surface area contributed by atoms with E-state index in [-0.39, 0.29) is 17.6 Å². The maximum Gasteiger partial charge on any atom is 0.402 e. The number of hydrogen-bond donors (Lipinski definition) is 4. The van der Waals surface area contributed by atoms with Crippen LogP contribution >= 0.6 is 19.2 Å². The molecule has 36 heavy (non-hydrogen) atoms. The number of nitrogens with one attached hydrogen (secondary N) is 1. The summed E-state index contributed by atoms with van der Waals surface area (Å²) in [5.74, 6) is 0.734. The first kappa shape index (κ1) is 25.3. The largest absolute Gasteiger partial charge is 0.421 e. The van der Waals surface area contributed by atoms with E-state index < -0.39 is 38.5 Å². The molecule has 3 aromatic rings. The fourth-order valence-electron chi connectivity index (χ4n) is 4.56. The van der Waals surface area contributed by atoms with Crippen molar-refractivity contribution in [3.8, 4) is 5.75 Å². The van der Waals surface area contributed by atoms with Crippen molar-refractivity contribution in [2.75, 3.05) is 18.3 Å². The number of nitrogens with zero attached hydrogens (tertiary/aromatic N) is 4. The predicted octanol–water partition coefficient (Wildman–Crippen LogP) is 2.69. The van der Waals surface area contributed by atoms with Crippen LogP contribution in [0, 0.1) is 0 Å². The quantitative estimate of drug-likeness (QED) is 0.234. The Balaban J connectivity index is 1.26. The molecular weight excluding hydrogens is 513 g/mol. The number of fused-ring (bicyclic) bond motifs is 1. The van der Waals surface area contributed by atoms with Crippen LogP contribution in [0.5, 0.6) is 5.75 Å². The Labute approximate surface area is 211 Å². The average molecular weight is 540 g/mol. The van der Waals surface area contributed by atoms with E-state index >= 15 is 0 Å². The van der Waals surface area contributed by atoms with Crippen molar-refractivity contribution in [1.82, 2.24) is 19.5 Å². The van der Waals surface area contributed by atoms with Crippen molar-refractivity contribution >= 4 is 36.0 Å². The molecule has 0 spiro atoms. The molecule has 5 rings (SSSR count). The lowest BCUT2D eigenvalue weighted by Crippen LogP contribution is -2.34. The van der Waals surface area contributed by atoms with Gasteiger partial charge in [0, 0.05) is 18.4 Å². The van der Waals surface area contributed by atoms with Crippen molar-refractivity contribution in [2.45, 2.75) is 56.3 Å². The van der Waals surface area contributed by atoms with Gasteiger partial charge in [-0.15, -0.1) is 0 Å². The van der Waals surface area contributed by atoms with E-state index in [0.29, 0.717) is 22.9 Å². The molecule has 4 heterocycles. The van der Waals surface area contributed by atoms with Crippen LogP contribution in [-0.2, 0) is 14.0 Å². The van der Waals surface area contributed by atoms with E-state index in [4.69, 9.17) is 25.6 Å². The second-order valence-electron chi connectivity index (χ2n) is 8.89. The number of pyridine rings is 1. The first-order valence-corrected chi connectivity index (χ1v) is 13.8. The first-order valence-electron chi connectivity index (χ1n) is 11.6. The third-order valence-corrected chi connectivity index (χ3v) is 7.44. The molecule has 12 nitrogen and oxygen atoms in total. The Morgan fingerprint density at radius 1 is 1.22 bits per heavy atom. The van der Waals surface area contributed by atoms with Gasteiger partial charge in [0.2, 0.25) is 5.28 Å². The second-order valence-corrected chi connectivity index (χ2v) is 10.9. The van der Waals surface area contributed by atoms with Gasteiger partial charge in [0.15, 0.2) is 12.6 Å². The van der Waals surface area contributed by atoms with E-state index in [2.05, 4.69) is 20.3 Å². The highest BCUT2D eigenvalue weighted by Gasteiger charge is 2.44. The van der Waals surface area contributed by atoms with Crippen molar-refractivity contribution < 1.29 is 33.7 Å². The zero-order valence-electron chi connectivity index (χ0n) is 19.2. The number of aromatic nitrogens is 4. The molecule has 0 bridgehead atoms. The van der Waals surface area contributed by atoms with Gasteiger partial charge in [0.05, 0.1) is 18.2 Å². The molecule has 4 N–H and O–H groups in total. The van der Waals surface area contributed by atoms with Crippen LogP contribution in [0.2, 0.25) is 5.28 Å². The topological polar surface area (TPSA) is 161 Å². The highest BCUT2D eigenvalue weighted by Crippen LogP contribution is 2.42. The Morgan fingerprint density at radius 3 is 2.78 bits per heavy atom. The minimum Gasteiger partial charge on any atom is -0.421 e. The van der Waals surface area contributed by atoms with E-state index in [0.717, 1.165) is 25.7 Å². The van der Waals surface area contributed by atoms with Crippen LogP contribution in [0.15, 0.2) is 36.8 Å². The lowest BCUT2D eigenvalue weighted by molar-refractivity contribution is -0.0610. The summed E-state index contributed by atoms with van der Waals surface area (Å²) in [6.45, 7) is -0.251. The molecule has 0 aromatic carbocycles. The highest BCUT2D eigenvalue weighted by molar-refractivity contribution is 7.53. The van der Waals surface area contributed by atoms with E-state index in [1.165, 1.54) is 18.5 Å². The number of halogens is 1. The fourth-order valence-corrected chi connectivity index (χ4v) is 5.55. The van der Waals surface area contributed by atoms with Gasteiger partial charge in [0.1, 0.15) is 35.5 Å². The molecule has 0 amide bonds. The summed E-state index contributed by atoms with van der Waals surface area (Å²) in [6, 6.07) is 5.17. The summed E-state index contributed by atoms with van der Waals surface area (Å²) in [5.41, 5.74) is 0.443. The maximum atomic E-state index is 12.3. The van der Waals surface area contributed by atoms with Gasteiger partial charge >= 0.3 is 7.60 Å². The van der Waals surface area contributed by atoms with Gasteiger partial charge in [-0.25, -0.2) is 9.55 Å². The van der Waals surface area contributed by atoms with Crippen LogP contribution < -0.4 is 9.84 Å². The SMILES string of the molecule is O=P(O)(COC[C@H]1O[C@@H](n2ccc3c(NC4CCCC4)nc(Cl)nc32)[C@H](O)[C@@H]1O)Oc1cccnc1. The third-order valence-electron chi connectivity index (χ3n) is 6.27. The Hall–Kier alpha value is -2.31. The van der Waals surface area contributed by atoms with Gasteiger partial charge < -0.3 is 39.0 Å². The van der Waals surface area contributed by atoms with Crippen LogP contribution in [0.3, 0.4) is 0 Å². The Bertz CT molecular complexity index is 1240. The Kier molecular flexibility index (Phi) is 7.45. The predicted molar refractivity (Wildman–Crippen MR) is 130 cm³/mol. The number of anilines is 1. The van der Waals surface area contributed by atoms with Gasteiger partial charge in [-0.05, 0) is 42.6 Å². The fraction of sp³-hybridized carbons (Fsp3) is 0.500. The summed E-state index contributed by atoms with van der Waals surface area (Å²) < 4.78 is 30.1. The lowest BCUT2D eigenvalue weighted by atomic mass is 10.1. The molecule has 0 radical (unpaired) electrons. The van der Waals surface area contributed by atoms with Crippen molar-refractivity contribution in [1.29, 1.82) is 0 Å². The number of ether oxygens (including phenoxy) is 2. The average Bonchev–Trinajstić information content (AvgIpc) is 3.56. The normalized spacial score (nSPS) is 26.3. The molecule has 1 unspecified atom stereocenters. The molecule has 1 saturated heterocycles. The minimum atomic E-state index is -4.13. The number of hydrogen-bond acceptors (Lipinski definition) is 10. The van der Waals surface area contributed by atoms with Crippen LogP contribution in [0.1, 0.15) is 31.9 Å².